The van der Waals surface area contributed by atoms with Gasteiger partial charge in [0.25, 0.3) is 0 Å². The van der Waals surface area contributed by atoms with E-state index < -0.39 is 0 Å². The fourth-order valence-electron chi connectivity index (χ4n) is 4.50. The normalized spacial score (nSPS) is 27.1. The zero-order valence-electron chi connectivity index (χ0n) is 15.1. The number of hydrogen-bond acceptors (Lipinski definition) is 2. The maximum Gasteiger partial charge on any atom is 0.0361 e. The molecule has 1 aliphatic heterocycles. The molecule has 0 spiro atoms. The van der Waals surface area contributed by atoms with E-state index in [4.69, 9.17) is 0 Å². The predicted molar refractivity (Wildman–Crippen MR) is 100 cm³/mol. The molecule has 0 N–H and O–H groups in total. The van der Waals surface area contributed by atoms with Crippen molar-refractivity contribution in [2.45, 2.75) is 37.8 Å². The van der Waals surface area contributed by atoms with E-state index in [0.29, 0.717) is 12.0 Å². The SMILES string of the molecule is CN1CCN(C2CC(c3ccccc3)c3ccccc32)CC1(C)C. The number of nitrogens with zero attached hydrogens (tertiary/aromatic N) is 2. The molecular weight excluding hydrogens is 292 g/mol. The Kier molecular flexibility index (Phi) is 3.98. The van der Waals surface area contributed by atoms with Crippen molar-refractivity contribution in [3.05, 3.63) is 71.3 Å². The van der Waals surface area contributed by atoms with Crippen molar-refractivity contribution in [2.75, 3.05) is 26.7 Å². The van der Waals surface area contributed by atoms with Crippen LogP contribution in [0.1, 0.15) is 48.9 Å². The van der Waals surface area contributed by atoms with E-state index in [1.54, 1.807) is 5.56 Å². The molecule has 1 fully saturated rings. The maximum atomic E-state index is 2.72. The van der Waals surface area contributed by atoms with E-state index in [0.717, 1.165) is 13.1 Å². The number of likely N-dealkylation sites (N-methyl/N-ethyl adjacent to an activating group) is 1. The second kappa shape index (κ2) is 6.02. The predicted octanol–water partition coefficient (Wildman–Crippen LogP) is 4.29. The minimum Gasteiger partial charge on any atom is -0.299 e. The Labute approximate surface area is 146 Å². The van der Waals surface area contributed by atoms with Gasteiger partial charge >= 0.3 is 0 Å². The van der Waals surface area contributed by atoms with Crippen LogP contribution in [0.3, 0.4) is 0 Å². The van der Waals surface area contributed by atoms with Crippen molar-refractivity contribution in [3.63, 3.8) is 0 Å². The molecule has 0 amide bonds. The fourth-order valence-corrected chi connectivity index (χ4v) is 4.50. The van der Waals surface area contributed by atoms with Crippen molar-refractivity contribution in [3.8, 4) is 0 Å². The summed E-state index contributed by atoms with van der Waals surface area (Å²) in [4.78, 5) is 5.22. The number of benzene rings is 2. The molecule has 2 aliphatic rings. The Bertz CT molecular complexity index is 707. The summed E-state index contributed by atoms with van der Waals surface area (Å²) in [6.45, 7) is 8.20. The van der Waals surface area contributed by atoms with Gasteiger partial charge in [-0.3, -0.25) is 9.80 Å². The van der Waals surface area contributed by atoms with Crippen molar-refractivity contribution in [2.24, 2.45) is 0 Å². The van der Waals surface area contributed by atoms with Crippen LogP contribution in [-0.2, 0) is 0 Å². The lowest BCUT2D eigenvalue weighted by molar-refractivity contribution is 0.0158. The molecule has 2 nitrogen and oxygen atoms in total. The van der Waals surface area contributed by atoms with Crippen molar-refractivity contribution < 1.29 is 0 Å². The van der Waals surface area contributed by atoms with Crippen molar-refractivity contribution in [1.82, 2.24) is 9.80 Å². The van der Waals surface area contributed by atoms with Gasteiger partial charge in [0.1, 0.15) is 0 Å². The molecule has 2 heteroatoms. The van der Waals surface area contributed by atoms with Crippen molar-refractivity contribution >= 4 is 0 Å². The first-order chi connectivity index (χ1) is 11.6. The van der Waals surface area contributed by atoms with Crippen LogP contribution in [0, 0.1) is 0 Å². The summed E-state index contributed by atoms with van der Waals surface area (Å²) < 4.78 is 0. The first kappa shape index (κ1) is 15.9. The summed E-state index contributed by atoms with van der Waals surface area (Å²) in [6, 6.07) is 20.7. The Hall–Kier alpha value is -1.64. The number of rotatable bonds is 2. The van der Waals surface area contributed by atoms with Gasteiger partial charge in [0, 0.05) is 37.1 Å². The molecule has 0 bridgehead atoms. The van der Waals surface area contributed by atoms with Gasteiger partial charge in [-0.1, -0.05) is 54.6 Å². The van der Waals surface area contributed by atoms with Gasteiger partial charge in [0.15, 0.2) is 0 Å². The van der Waals surface area contributed by atoms with Crippen LogP contribution in [0.15, 0.2) is 54.6 Å². The average Bonchev–Trinajstić information content (AvgIpc) is 2.98. The molecule has 2 atom stereocenters. The van der Waals surface area contributed by atoms with Gasteiger partial charge in [-0.05, 0) is 44.0 Å². The third-order valence-corrected chi connectivity index (χ3v) is 6.18. The van der Waals surface area contributed by atoms with Gasteiger partial charge in [-0.15, -0.1) is 0 Å². The van der Waals surface area contributed by atoms with Gasteiger partial charge in [-0.2, -0.15) is 0 Å². The molecule has 24 heavy (non-hydrogen) atoms. The van der Waals surface area contributed by atoms with Crippen LogP contribution in [0.4, 0.5) is 0 Å². The van der Waals surface area contributed by atoms with Crippen LogP contribution in [0.2, 0.25) is 0 Å². The fraction of sp³-hybridized carbons (Fsp3) is 0.455. The third kappa shape index (κ3) is 2.68. The van der Waals surface area contributed by atoms with E-state index in [1.165, 1.54) is 24.1 Å². The summed E-state index contributed by atoms with van der Waals surface area (Å²) in [5.74, 6) is 0.537. The summed E-state index contributed by atoms with van der Waals surface area (Å²) in [6.07, 6.45) is 1.21. The van der Waals surface area contributed by atoms with E-state index in [2.05, 4.69) is 85.3 Å². The van der Waals surface area contributed by atoms with E-state index >= 15 is 0 Å². The summed E-state index contributed by atoms with van der Waals surface area (Å²) in [5, 5.41) is 0. The molecule has 1 heterocycles. The van der Waals surface area contributed by atoms with Crippen LogP contribution in [-0.4, -0.2) is 42.0 Å². The zero-order valence-corrected chi connectivity index (χ0v) is 15.1. The molecule has 0 aromatic heterocycles. The highest BCUT2D eigenvalue weighted by Crippen LogP contribution is 2.47. The Morgan fingerprint density at radius 3 is 2.25 bits per heavy atom. The molecule has 0 radical (unpaired) electrons. The number of hydrogen-bond donors (Lipinski definition) is 0. The standard InChI is InChI=1S/C22H28N2/c1-22(2)16-24(14-13-23(22)3)21-15-20(17-9-5-4-6-10-17)18-11-7-8-12-19(18)21/h4-12,20-21H,13-16H2,1-3H3. The molecule has 0 saturated carbocycles. The number of fused-ring (bicyclic) bond motifs is 1. The lowest BCUT2D eigenvalue weighted by atomic mass is 9.93. The van der Waals surface area contributed by atoms with E-state index in [1.807, 2.05) is 0 Å². The highest BCUT2D eigenvalue weighted by molar-refractivity contribution is 5.44. The lowest BCUT2D eigenvalue weighted by Gasteiger charge is -2.47. The van der Waals surface area contributed by atoms with Gasteiger partial charge in [0.2, 0.25) is 0 Å². The number of piperazine rings is 1. The van der Waals surface area contributed by atoms with Crippen LogP contribution < -0.4 is 0 Å². The summed E-state index contributed by atoms with van der Waals surface area (Å²) >= 11 is 0. The Balaban J connectivity index is 1.66. The van der Waals surface area contributed by atoms with E-state index in [9.17, 15) is 0 Å². The highest BCUT2D eigenvalue weighted by atomic mass is 15.3. The Morgan fingerprint density at radius 2 is 1.54 bits per heavy atom. The zero-order chi connectivity index (χ0) is 16.7. The second-order valence-electron chi connectivity index (χ2n) is 8.05. The lowest BCUT2D eigenvalue weighted by Crippen LogP contribution is -2.58. The molecule has 126 valence electrons. The Morgan fingerprint density at radius 1 is 0.875 bits per heavy atom. The molecular formula is C22H28N2. The molecule has 1 saturated heterocycles. The smallest absolute Gasteiger partial charge is 0.0361 e. The molecule has 1 aliphatic carbocycles. The first-order valence-electron chi connectivity index (χ1n) is 9.15. The van der Waals surface area contributed by atoms with Crippen LogP contribution >= 0.6 is 0 Å². The first-order valence-corrected chi connectivity index (χ1v) is 9.15. The van der Waals surface area contributed by atoms with Gasteiger partial charge < -0.3 is 0 Å². The molecule has 4 rings (SSSR count). The maximum absolute atomic E-state index is 2.72. The van der Waals surface area contributed by atoms with E-state index in [-0.39, 0.29) is 5.54 Å². The second-order valence-corrected chi connectivity index (χ2v) is 8.05. The quantitative estimate of drug-likeness (QED) is 0.814. The minimum atomic E-state index is 0.248. The molecule has 2 unspecified atom stereocenters. The summed E-state index contributed by atoms with van der Waals surface area (Å²) in [7, 11) is 2.26. The van der Waals surface area contributed by atoms with Crippen molar-refractivity contribution in [1.29, 1.82) is 0 Å². The molecule has 2 aromatic carbocycles. The van der Waals surface area contributed by atoms with Gasteiger partial charge in [0.05, 0.1) is 0 Å². The largest absolute Gasteiger partial charge is 0.299 e. The molecule has 2 aromatic rings. The van der Waals surface area contributed by atoms with Crippen LogP contribution in [0.25, 0.3) is 0 Å². The average molecular weight is 320 g/mol. The highest BCUT2D eigenvalue weighted by Gasteiger charge is 2.39. The van der Waals surface area contributed by atoms with Gasteiger partial charge in [-0.25, -0.2) is 0 Å². The monoisotopic (exact) mass is 320 g/mol. The third-order valence-electron chi connectivity index (χ3n) is 6.18. The topological polar surface area (TPSA) is 6.48 Å². The minimum absolute atomic E-state index is 0.248. The van der Waals surface area contributed by atoms with Crippen LogP contribution in [0.5, 0.6) is 0 Å². The summed E-state index contributed by atoms with van der Waals surface area (Å²) in [5.41, 5.74) is 4.79.